The maximum absolute atomic E-state index is 12.3. The van der Waals surface area contributed by atoms with Crippen LogP contribution in [0.1, 0.15) is 94.2 Å². The minimum atomic E-state index is -0.931. The monoisotopic (exact) mass is 459 g/mol. The van der Waals surface area contributed by atoms with Gasteiger partial charge in [0.05, 0.1) is 23.9 Å². The third-order valence-electron chi connectivity index (χ3n) is 4.91. The summed E-state index contributed by atoms with van der Waals surface area (Å²) < 4.78 is 16.0. The highest BCUT2D eigenvalue weighted by Gasteiger charge is 2.25. The fraction of sp³-hybridized carbons (Fsp3) is 0.739. The molecule has 0 N–H and O–H groups in total. The third kappa shape index (κ3) is 10.9. The molecule has 0 saturated carbocycles. The molecule has 7 nitrogen and oxygen atoms in total. The lowest BCUT2D eigenvalue weighted by molar-refractivity contribution is 0.0235. The number of hydrogen-bond acceptors (Lipinski definition) is 6. The molecule has 0 aliphatic heterocycles. The highest BCUT2D eigenvalue weighted by atomic mass is 35.5. The number of carbonyl (C=O) groups excluding carboxylic acids is 2. The molecule has 1 heterocycles. The van der Waals surface area contributed by atoms with Crippen LogP contribution in [0.4, 0.5) is 4.79 Å². The normalized spacial score (nSPS) is 10.8. The zero-order chi connectivity index (χ0) is 22.9. The van der Waals surface area contributed by atoms with Crippen molar-refractivity contribution in [1.29, 1.82) is 0 Å². The SMILES string of the molecule is CCCCCCCCCCCCc1cc(Cl)c(C(=O)OCC)n1OC(=O)OCCOC. The predicted molar refractivity (Wildman–Crippen MR) is 121 cm³/mol. The molecule has 0 fully saturated rings. The number of carbonyl (C=O) groups is 2. The number of aryl methyl sites for hydroxylation is 1. The second kappa shape index (κ2) is 16.9. The molecule has 0 atom stereocenters. The average molecular weight is 460 g/mol. The first-order valence-corrected chi connectivity index (χ1v) is 11.8. The lowest BCUT2D eigenvalue weighted by atomic mass is 10.1. The van der Waals surface area contributed by atoms with E-state index in [2.05, 4.69) is 6.92 Å². The molecule has 0 spiro atoms. The second-order valence-electron chi connectivity index (χ2n) is 7.46. The maximum Gasteiger partial charge on any atom is 0.533 e. The summed E-state index contributed by atoms with van der Waals surface area (Å²) in [5.74, 6) is -0.647. The number of ether oxygens (including phenoxy) is 3. The van der Waals surface area contributed by atoms with Gasteiger partial charge in [-0.15, -0.1) is 0 Å². The van der Waals surface area contributed by atoms with Gasteiger partial charge in [0, 0.05) is 7.11 Å². The van der Waals surface area contributed by atoms with Crippen LogP contribution < -0.4 is 4.84 Å². The Hall–Kier alpha value is -1.73. The van der Waals surface area contributed by atoms with E-state index in [9.17, 15) is 9.59 Å². The summed E-state index contributed by atoms with van der Waals surface area (Å²) in [4.78, 5) is 29.6. The van der Waals surface area contributed by atoms with Gasteiger partial charge in [-0.2, -0.15) is 4.73 Å². The van der Waals surface area contributed by atoms with Crippen molar-refractivity contribution >= 4 is 23.7 Å². The molecule has 178 valence electrons. The molecule has 0 bridgehead atoms. The van der Waals surface area contributed by atoms with Gasteiger partial charge < -0.3 is 19.0 Å². The summed E-state index contributed by atoms with van der Waals surface area (Å²) in [6.45, 7) is 4.41. The van der Waals surface area contributed by atoms with E-state index in [1.807, 2.05) is 0 Å². The zero-order valence-corrected chi connectivity index (χ0v) is 20.0. The summed E-state index contributed by atoms with van der Waals surface area (Å²) in [7, 11) is 1.50. The smallest absolute Gasteiger partial charge is 0.461 e. The first kappa shape index (κ1) is 27.3. The Morgan fingerprint density at radius 3 is 2.10 bits per heavy atom. The molecule has 0 amide bonds. The van der Waals surface area contributed by atoms with E-state index in [1.165, 1.54) is 52.1 Å². The summed E-state index contributed by atoms with van der Waals surface area (Å²) in [5, 5.41) is 0.185. The number of unbranched alkanes of at least 4 members (excludes halogenated alkanes) is 9. The lowest BCUT2D eigenvalue weighted by Crippen LogP contribution is -2.27. The largest absolute Gasteiger partial charge is 0.533 e. The van der Waals surface area contributed by atoms with E-state index in [0.717, 1.165) is 24.0 Å². The van der Waals surface area contributed by atoms with Gasteiger partial charge in [0.2, 0.25) is 0 Å². The van der Waals surface area contributed by atoms with Gasteiger partial charge in [-0.25, -0.2) is 9.59 Å². The van der Waals surface area contributed by atoms with Crippen molar-refractivity contribution in [3.63, 3.8) is 0 Å². The molecular weight excluding hydrogens is 422 g/mol. The van der Waals surface area contributed by atoms with Gasteiger partial charge in [-0.1, -0.05) is 76.3 Å². The summed E-state index contributed by atoms with van der Waals surface area (Å²) in [6.07, 6.45) is 11.9. The number of nitrogens with zero attached hydrogens (tertiary/aromatic N) is 1. The topological polar surface area (TPSA) is 76.0 Å². The molecule has 0 aliphatic carbocycles. The van der Waals surface area contributed by atoms with Crippen molar-refractivity contribution in [3.05, 3.63) is 22.5 Å². The first-order valence-electron chi connectivity index (χ1n) is 11.5. The average Bonchev–Trinajstić information content (AvgIpc) is 3.04. The number of aromatic nitrogens is 1. The number of rotatable bonds is 17. The van der Waals surface area contributed by atoms with Gasteiger partial charge in [-0.05, 0) is 25.8 Å². The zero-order valence-electron chi connectivity index (χ0n) is 19.3. The molecule has 0 saturated heterocycles. The van der Waals surface area contributed by atoms with Crippen molar-refractivity contribution in [2.24, 2.45) is 0 Å². The van der Waals surface area contributed by atoms with E-state index >= 15 is 0 Å². The van der Waals surface area contributed by atoms with Crippen LogP contribution in [0, 0.1) is 0 Å². The van der Waals surface area contributed by atoms with E-state index in [1.54, 1.807) is 13.0 Å². The quantitative estimate of drug-likeness (QED) is 0.210. The minimum absolute atomic E-state index is 0.00529. The highest BCUT2D eigenvalue weighted by Crippen LogP contribution is 2.24. The molecule has 1 aromatic rings. The second-order valence-corrected chi connectivity index (χ2v) is 7.87. The molecular formula is C23H38ClNO6. The van der Waals surface area contributed by atoms with Crippen molar-refractivity contribution < 1.29 is 28.6 Å². The van der Waals surface area contributed by atoms with E-state index in [4.69, 9.17) is 30.6 Å². The molecule has 31 heavy (non-hydrogen) atoms. The Bertz CT molecular complexity index is 646. The number of halogens is 1. The molecule has 0 unspecified atom stereocenters. The van der Waals surface area contributed by atoms with Gasteiger partial charge in [0.25, 0.3) is 0 Å². The molecule has 1 rings (SSSR count). The molecule has 1 aromatic heterocycles. The summed E-state index contributed by atoms with van der Waals surface area (Å²) in [6, 6.07) is 1.64. The van der Waals surface area contributed by atoms with Crippen LogP contribution in [0.15, 0.2) is 6.07 Å². The standard InChI is InChI=1S/C23H38ClNO6/c1-4-6-7-8-9-10-11-12-13-14-15-19-18-20(24)21(22(26)29-5-2)25(19)31-23(27)30-17-16-28-3/h18H,4-17H2,1-3H3. The van der Waals surface area contributed by atoms with Crippen molar-refractivity contribution in [2.45, 2.75) is 84.5 Å². The van der Waals surface area contributed by atoms with E-state index in [-0.39, 0.29) is 30.5 Å². The predicted octanol–water partition coefficient (Wildman–Crippen LogP) is 5.99. The van der Waals surface area contributed by atoms with Crippen molar-refractivity contribution in [2.75, 3.05) is 26.9 Å². The molecule has 0 aliphatic rings. The Morgan fingerprint density at radius 2 is 1.52 bits per heavy atom. The van der Waals surface area contributed by atoms with Gasteiger partial charge in [0.1, 0.15) is 6.61 Å². The Balaban J connectivity index is 2.58. The molecule has 0 radical (unpaired) electrons. The lowest BCUT2D eigenvalue weighted by Gasteiger charge is -2.12. The fourth-order valence-corrected chi connectivity index (χ4v) is 3.55. The van der Waals surface area contributed by atoms with Gasteiger partial charge >= 0.3 is 12.1 Å². The van der Waals surface area contributed by atoms with Gasteiger partial charge in [-0.3, -0.25) is 0 Å². The Labute approximate surface area is 191 Å². The number of hydrogen-bond donors (Lipinski definition) is 0. The van der Waals surface area contributed by atoms with Crippen molar-refractivity contribution in [3.8, 4) is 0 Å². The number of methoxy groups -OCH3 is 1. The Morgan fingerprint density at radius 1 is 0.903 bits per heavy atom. The highest BCUT2D eigenvalue weighted by molar-refractivity contribution is 6.33. The summed E-state index contributed by atoms with van der Waals surface area (Å²) >= 11 is 6.25. The third-order valence-corrected chi connectivity index (χ3v) is 5.20. The molecule has 0 aromatic carbocycles. The van der Waals surface area contributed by atoms with Crippen LogP contribution >= 0.6 is 11.6 Å². The molecule has 8 heteroatoms. The van der Waals surface area contributed by atoms with E-state index in [0.29, 0.717) is 12.1 Å². The van der Waals surface area contributed by atoms with Gasteiger partial charge in [0.15, 0.2) is 5.69 Å². The maximum atomic E-state index is 12.3. The van der Waals surface area contributed by atoms with Crippen LogP contribution in [0.3, 0.4) is 0 Å². The van der Waals surface area contributed by atoms with E-state index < -0.39 is 12.1 Å². The van der Waals surface area contributed by atoms with Crippen molar-refractivity contribution in [1.82, 2.24) is 4.73 Å². The fourth-order valence-electron chi connectivity index (χ4n) is 3.27. The Kier molecular flexibility index (Phi) is 14.9. The van der Waals surface area contributed by atoms with Crippen LogP contribution in [0.5, 0.6) is 0 Å². The van der Waals surface area contributed by atoms with Crippen LogP contribution in [0.25, 0.3) is 0 Å². The van der Waals surface area contributed by atoms with Crippen LogP contribution in [-0.2, 0) is 20.6 Å². The summed E-state index contributed by atoms with van der Waals surface area (Å²) in [5.41, 5.74) is 0.630. The van der Waals surface area contributed by atoms with Crippen LogP contribution in [-0.4, -0.2) is 43.8 Å². The first-order chi connectivity index (χ1) is 15.0. The minimum Gasteiger partial charge on any atom is -0.461 e. The van der Waals surface area contributed by atoms with Crippen LogP contribution in [0.2, 0.25) is 5.02 Å². The number of esters is 1.